The molecule has 2 nitrogen and oxygen atoms in total. The molecule has 1 heterocycles. The Labute approximate surface area is 109 Å². The minimum atomic E-state index is 0.375. The lowest BCUT2D eigenvalue weighted by Gasteiger charge is -2.41. The first-order valence-corrected chi connectivity index (χ1v) is 7.20. The fourth-order valence-electron chi connectivity index (χ4n) is 2.37. The van der Waals surface area contributed by atoms with Crippen molar-refractivity contribution in [1.82, 2.24) is 4.90 Å². The van der Waals surface area contributed by atoms with Gasteiger partial charge in [-0.25, -0.2) is 0 Å². The van der Waals surface area contributed by atoms with Gasteiger partial charge in [-0.15, -0.1) is 0 Å². The molecule has 0 radical (unpaired) electrons. The van der Waals surface area contributed by atoms with Gasteiger partial charge in [-0.05, 0) is 38.5 Å². The lowest BCUT2D eigenvalue weighted by Crippen LogP contribution is -2.44. The summed E-state index contributed by atoms with van der Waals surface area (Å²) in [4.78, 5) is 2.57. The number of nitrogens with zero attached hydrogens (tertiary/aromatic N) is 1. The van der Waals surface area contributed by atoms with Crippen molar-refractivity contribution in [3.8, 4) is 0 Å². The lowest BCUT2D eigenvalue weighted by atomic mass is 10.0. The van der Waals surface area contributed by atoms with Crippen LogP contribution in [0.3, 0.4) is 0 Å². The number of nitrogens with two attached hydrogens (primary N) is 1. The van der Waals surface area contributed by atoms with Crippen LogP contribution in [-0.2, 0) is 0 Å². The average molecular weight is 250 g/mol. The first-order chi connectivity index (χ1) is 7.98. The molecule has 0 bridgehead atoms. The van der Waals surface area contributed by atoms with Gasteiger partial charge in [-0.3, -0.25) is 4.90 Å². The van der Waals surface area contributed by atoms with E-state index < -0.39 is 0 Å². The smallest absolute Gasteiger partial charge is 0.0320 e. The maximum absolute atomic E-state index is 5.73. The normalized spacial score (nSPS) is 22.3. The van der Waals surface area contributed by atoms with Crippen molar-refractivity contribution in [2.75, 3.05) is 24.6 Å². The summed E-state index contributed by atoms with van der Waals surface area (Å²) in [6, 6.07) is 8.77. The van der Waals surface area contributed by atoms with Crippen molar-refractivity contribution >= 4 is 17.4 Å². The van der Waals surface area contributed by atoms with Crippen LogP contribution in [0.2, 0.25) is 0 Å². The molecule has 1 saturated heterocycles. The molecule has 2 N–H and O–H groups in total. The van der Waals surface area contributed by atoms with Gasteiger partial charge in [0, 0.05) is 35.3 Å². The van der Waals surface area contributed by atoms with Crippen molar-refractivity contribution in [2.24, 2.45) is 0 Å². The molecular formula is C14H22N2S. The molecule has 0 aromatic heterocycles. The Morgan fingerprint density at radius 1 is 1.29 bits per heavy atom. The minimum absolute atomic E-state index is 0.375. The van der Waals surface area contributed by atoms with E-state index in [9.17, 15) is 0 Å². The van der Waals surface area contributed by atoms with E-state index in [0.717, 1.165) is 12.2 Å². The highest BCUT2D eigenvalue weighted by Gasteiger charge is 2.29. The Bertz CT molecular complexity index is 372. The molecule has 2 rings (SSSR count). The molecule has 94 valence electrons. The van der Waals surface area contributed by atoms with Gasteiger partial charge in [0.25, 0.3) is 0 Å². The van der Waals surface area contributed by atoms with Crippen LogP contribution in [0, 0.1) is 0 Å². The molecule has 1 aromatic carbocycles. The van der Waals surface area contributed by atoms with Crippen LogP contribution in [0.15, 0.2) is 24.3 Å². The van der Waals surface area contributed by atoms with Crippen molar-refractivity contribution in [2.45, 2.75) is 31.6 Å². The molecule has 0 saturated carbocycles. The summed E-state index contributed by atoms with van der Waals surface area (Å²) in [6.45, 7) is 9.29. The van der Waals surface area contributed by atoms with Gasteiger partial charge in [0.1, 0.15) is 0 Å². The second-order valence-electron chi connectivity index (χ2n) is 5.42. The third-order valence-electron chi connectivity index (χ3n) is 3.42. The molecule has 1 aromatic rings. The maximum Gasteiger partial charge on any atom is 0.0320 e. The summed E-state index contributed by atoms with van der Waals surface area (Å²) in [5.41, 5.74) is 7.94. The Balaban J connectivity index is 2.09. The van der Waals surface area contributed by atoms with E-state index in [-0.39, 0.29) is 0 Å². The molecule has 1 fully saturated rings. The fourth-order valence-corrected chi connectivity index (χ4v) is 3.50. The van der Waals surface area contributed by atoms with E-state index in [1.807, 2.05) is 12.1 Å². The van der Waals surface area contributed by atoms with Gasteiger partial charge in [0.15, 0.2) is 0 Å². The zero-order valence-corrected chi connectivity index (χ0v) is 11.8. The third kappa shape index (κ3) is 3.17. The van der Waals surface area contributed by atoms with Crippen LogP contribution in [0.5, 0.6) is 0 Å². The average Bonchev–Trinajstić information content (AvgIpc) is 2.28. The number of benzene rings is 1. The van der Waals surface area contributed by atoms with E-state index in [4.69, 9.17) is 5.73 Å². The zero-order valence-electron chi connectivity index (χ0n) is 10.9. The standard InChI is InChI=1S/C14H22N2S/c1-11(12-4-6-13(15)7-5-12)16-8-9-17-14(2,3)10-16/h4-7,11H,8-10,15H2,1-3H3. The van der Waals surface area contributed by atoms with Crippen LogP contribution in [0.25, 0.3) is 0 Å². The van der Waals surface area contributed by atoms with Crippen LogP contribution in [0.1, 0.15) is 32.4 Å². The van der Waals surface area contributed by atoms with Gasteiger partial charge in [-0.1, -0.05) is 12.1 Å². The maximum atomic E-state index is 5.73. The summed E-state index contributed by atoms with van der Waals surface area (Å²) < 4.78 is 0.375. The highest BCUT2D eigenvalue weighted by atomic mass is 32.2. The van der Waals surface area contributed by atoms with E-state index in [1.54, 1.807) is 0 Å². The Morgan fingerprint density at radius 3 is 2.53 bits per heavy atom. The van der Waals surface area contributed by atoms with Crippen molar-refractivity contribution < 1.29 is 0 Å². The van der Waals surface area contributed by atoms with Crippen LogP contribution >= 0.6 is 11.8 Å². The molecule has 1 aliphatic heterocycles. The Hall–Kier alpha value is -0.670. The highest BCUT2D eigenvalue weighted by molar-refractivity contribution is 8.00. The molecule has 1 unspecified atom stereocenters. The quantitative estimate of drug-likeness (QED) is 0.818. The second-order valence-corrected chi connectivity index (χ2v) is 7.22. The molecule has 3 heteroatoms. The molecular weight excluding hydrogens is 228 g/mol. The molecule has 17 heavy (non-hydrogen) atoms. The summed E-state index contributed by atoms with van der Waals surface area (Å²) in [6.07, 6.45) is 0. The van der Waals surface area contributed by atoms with Gasteiger partial charge in [0.2, 0.25) is 0 Å². The molecule has 1 aliphatic rings. The van der Waals surface area contributed by atoms with E-state index >= 15 is 0 Å². The van der Waals surface area contributed by atoms with E-state index in [1.165, 1.54) is 17.9 Å². The minimum Gasteiger partial charge on any atom is -0.399 e. The van der Waals surface area contributed by atoms with Crippen LogP contribution < -0.4 is 5.73 Å². The summed E-state index contributed by atoms with van der Waals surface area (Å²) in [7, 11) is 0. The number of rotatable bonds is 2. The molecule has 0 spiro atoms. The number of thioether (sulfide) groups is 1. The van der Waals surface area contributed by atoms with Crippen molar-refractivity contribution in [3.05, 3.63) is 29.8 Å². The number of nitrogen functional groups attached to an aromatic ring is 1. The predicted octanol–water partition coefficient (Wildman–Crippen LogP) is 3.16. The van der Waals surface area contributed by atoms with E-state index in [2.05, 4.69) is 49.6 Å². The Morgan fingerprint density at radius 2 is 1.94 bits per heavy atom. The summed E-state index contributed by atoms with van der Waals surface area (Å²) in [5, 5.41) is 0. The zero-order chi connectivity index (χ0) is 12.5. The largest absolute Gasteiger partial charge is 0.399 e. The number of hydrogen-bond acceptors (Lipinski definition) is 3. The van der Waals surface area contributed by atoms with Gasteiger partial charge >= 0.3 is 0 Å². The monoisotopic (exact) mass is 250 g/mol. The van der Waals surface area contributed by atoms with E-state index in [0.29, 0.717) is 10.8 Å². The topological polar surface area (TPSA) is 29.3 Å². The summed E-state index contributed by atoms with van der Waals surface area (Å²) >= 11 is 2.08. The lowest BCUT2D eigenvalue weighted by molar-refractivity contribution is 0.201. The number of anilines is 1. The molecule has 0 amide bonds. The van der Waals surface area contributed by atoms with Gasteiger partial charge < -0.3 is 5.73 Å². The number of hydrogen-bond donors (Lipinski definition) is 1. The first-order valence-electron chi connectivity index (χ1n) is 6.21. The van der Waals surface area contributed by atoms with Crippen molar-refractivity contribution in [1.29, 1.82) is 0 Å². The highest BCUT2D eigenvalue weighted by Crippen LogP contribution is 2.33. The predicted molar refractivity (Wildman–Crippen MR) is 77.4 cm³/mol. The van der Waals surface area contributed by atoms with Crippen LogP contribution in [-0.4, -0.2) is 28.5 Å². The first kappa shape index (κ1) is 12.8. The van der Waals surface area contributed by atoms with Gasteiger partial charge in [0.05, 0.1) is 0 Å². The molecule has 1 atom stereocenters. The van der Waals surface area contributed by atoms with Crippen molar-refractivity contribution in [3.63, 3.8) is 0 Å². The van der Waals surface area contributed by atoms with Gasteiger partial charge in [-0.2, -0.15) is 11.8 Å². The second kappa shape index (κ2) is 4.91. The summed E-state index contributed by atoms with van der Waals surface area (Å²) in [5.74, 6) is 1.23. The molecule has 0 aliphatic carbocycles. The van der Waals surface area contributed by atoms with Crippen LogP contribution in [0.4, 0.5) is 5.69 Å². The third-order valence-corrected chi connectivity index (χ3v) is 4.72. The fraction of sp³-hybridized carbons (Fsp3) is 0.571. The SMILES string of the molecule is CC(c1ccc(N)cc1)N1CCSC(C)(C)C1. The Kier molecular flexibility index (Phi) is 3.69.